The van der Waals surface area contributed by atoms with E-state index in [2.05, 4.69) is 85.0 Å². The Morgan fingerprint density at radius 2 is 1.17 bits per heavy atom. The number of benzene rings is 5. The molecule has 7 rings (SSSR count). The van der Waals surface area contributed by atoms with Gasteiger partial charge in [0.1, 0.15) is 11.5 Å². The average Bonchev–Trinajstić information content (AvgIpc) is 3.40. The number of nitrogens with zero attached hydrogens (tertiary/aromatic N) is 2. The quantitative estimate of drug-likeness (QED) is 0.0256. The fourth-order valence-corrected chi connectivity index (χ4v) is 17.1. The summed E-state index contributed by atoms with van der Waals surface area (Å²) in [5, 5.41) is 6.87. The standard InChI is InChI=1S/C60H74Cl2N3O6P/c1-3-4-5-6-7-8-9-10-11-12-23-32-57(66)63-47-34-36-52(55(61)43-47)54-45-59(68)71-56-44-48(35-37-53(54)56)70-46(2)60(69)65-40-38-64(39-41-65)58(67)33-24-16-25-42-72(62,49-26-17-13-18-27-49,50-28-19-14-20-29-50)51-30-21-15-22-31-51/h13-15,17-22,26-31,34-37,43-44,46,54H,3-12,16,23-25,32-33,38-42,45H2,1-2H3,(H,63,66)/t46-,54?/m1/s1. The van der Waals surface area contributed by atoms with Crippen LogP contribution in [0.2, 0.25) is 5.02 Å². The summed E-state index contributed by atoms with van der Waals surface area (Å²) in [7, 11) is 0. The number of hydrogen-bond donors (Lipinski definition) is 1. The third-order valence-corrected chi connectivity index (χ3v) is 22.5. The number of carbonyl (C=O) groups excluding carboxylic acids is 4. The summed E-state index contributed by atoms with van der Waals surface area (Å²) in [5.41, 5.74) is 2.15. The van der Waals surface area contributed by atoms with Crippen LogP contribution < -0.4 is 30.7 Å². The molecule has 0 aliphatic carbocycles. The second-order valence-electron chi connectivity index (χ2n) is 19.7. The van der Waals surface area contributed by atoms with Gasteiger partial charge in [0, 0.05) is 34.7 Å². The summed E-state index contributed by atoms with van der Waals surface area (Å²) in [5.74, 6) is -3.47. The number of carbonyl (C=O) groups is 4. The van der Waals surface area contributed by atoms with Gasteiger partial charge in [-0.3, -0.25) is 9.59 Å². The van der Waals surface area contributed by atoms with Crippen LogP contribution in [0, 0.1) is 0 Å². The number of fused-ring (bicyclic) bond motifs is 1. The smallest absolute Gasteiger partial charge is 0.0465 e. The van der Waals surface area contributed by atoms with Crippen molar-refractivity contribution in [2.75, 3.05) is 37.7 Å². The molecule has 0 saturated carbocycles. The fourth-order valence-electron chi connectivity index (χ4n) is 10.5. The van der Waals surface area contributed by atoms with Crippen molar-refractivity contribution in [1.29, 1.82) is 0 Å². The average molecular weight is 1040 g/mol. The minimum absolute atomic E-state index is 0.0338. The van der Waals surface area contributed by atoms with Gasteiger partial charge in [-0.2, -0.15) is 0 Å². The number of hydrogen-bond acceptors (Lipinski definition) is 6. The van der Waals surface area contributed by atoms with E-state index in [1.165, 1.54) is 51.4 Å². The molecule has 0 spiro atoms. The first kappa shape index (κ1) is 54.6. The van der Waals surface area contributed by atoms with E-state index in [1.807, 2.05) is 41.3 Å². The van der Waals surface area contributed by atoms with Gasteiger partial charge in [-0.05, 0) is 37.1 Å². The summed E-state index contributed by atoms with van der Waals surface area (Å²) >= 11 is 15.1. The summed E-state index contributed by atoms with van der Waals surface area (Å²) in [6, 6.07) is 42.2. The van der Waals surface area contributed by atoms with E-state index >= 15 is 0 Å². The van der Waals surface area contributed by atoms with E-state index in [0.717, 1.165) is 71.7 Å². The van der Waals surface area contributed by atoms with Gasteiger partial charge in [0.05, 0.1) is 6.42 Å². The molecule has 0 aromatic heterocycles. The molecule has 2 heterocycles. The predicted molar refractivity (Wildman–Crippen MR) is 297 cm³/mol. The van der Waals surface area contributed by atoms with E-state index in [-0.39, 0.29) is 30.1 Å². The molecule has 0 bridgehead atoms. The summed E-state index contributed by atoms with van der Waals surface area (Å²) < 4.78 is 11.8. The maximum absolute atomic E-state index is 13.7. The monoisotopic (exact) mass is 1030 g/mol. The van der Waals surface area contributed by atoms with Crippen LogP contribution in [-0.4, -0.2) is 71.9 Å². The van der Waals surface area contributed by atoms with Crippen LogP contribution in [0.3, 0.4) is 0 Å². The molecule has 0 radical (unpaired) electrons. The minimum atomic E-state index is -3.35. The van der Waals surface area contributed by atoms with Crippen molar-refractivity contribution in [3.05, 3.63) is 144 Å². The number of anilines is 1. The zero-order valence-electron chi connectivity index (χ0n) is 42.4. The van der Waals surface area contributed by atoms with Gasteiger partial charge in [0.25, 0.3) is 0 Å². The summed E-state index contributed by atoms with van der Waals surface area (Å²) in [4.78, 5) is 56.4. The van der Waals surface area contributed by atoms with Gasteiger partial charge in [-0.25, -0.2) is 0 Å². The third kappa shape index (κ3) is 13.9. The van der Waals surface area contributed by atoms with Crippen molar-refractivity contribution in [2.45, 2.75) is 135 Å². The number of halogens is 2. The first-order valence-electron chi connectivity index (χ1n) is 26.5. The van der Waals surface area contributed by atoms with Crippen molar-refractivity contribution in [3.63, 3.8) is 0 Å². The molecule has 1 saturated heterocycles. The number of amides is 3. The van der Waals surface area contributed by atoms with Crippen LogP contribution in [-0.2, 0) is 19.2 Å². The Bertz CT molecular complexity index is 2460. The van der Waals surface area contributed by atoms with Crippen LogP contribution >= 0.6 is 28.8 Å². The van der Waals surface area contributed by atoms with Gasteiger partial charge < -0.3 is 14.8 Å². The Kier molecular flexibility index (Phi) is 20.2. The molecule has 12 heteroatoms. The molecular weight excluding hydrogens is 961 g/mol. The number of esters is 1. The third-order valence-electron chi connectivity index (χ3n) is 14.6. The Hall–Kier alpha value is -5.21. The number of ether oxygens (including phenoxy) is 2. The molecule has 1 N–H and O–H groups in total. The maximum Gasteiger partial charge on any atom is 0.0465 e. The van der Waals surface area contributed by atoms with E-state index in [9.17, 15) is 19.2 Å². The van der Waals surface area contributed by atoms with Gasteiger partial charge in [-0.1, -0.05) is 94.9 Å². The molecule has 5 aromatic carbocycles. The largest absolute Gasteiger partial charge is 0.0839 e. The molecule has 2 aliphatic heterocycles. The molecule has 9 nitrogen and oxygen atoms in total. The van der Waals surface area contributed by atoms with Gasteiger partial charge >= 0.3 is 225 Å². The van der Waals surface area contributed by atoms with Crippen LogP contribution in [0.25, 0.3) is 0 Å². The first-order chi connectivity index (χ1) is 35.0. The second-order valence-corrected chi connectivity index (χ2v) is 26.7. The van der Waals surface area contributed by atoms with E-state index in [1.54, 1.807) is 30.0 Å². The van der Waals surface area contributed by atoms with Crippen molar-refractivity contribution >= 4 is 74.1 Å². The van der Waals surface area contributed by atoms with E-state index in [0.29, 0.717) is 61.2 Å². The SMILES string of the molecule is CCCCCCCCCCCCCC(=O)Nc1ccc(C2CC(=O)Oc3cc(O[C@H](C)C(=O)N4CCN(C(=O)CCCCCP(Cl)(c5ccccc5)(c5ccccc5)c5ccccc5)CC4)ccc32)c(Cl)c1. The van der Waals surface area contributed by atoms with Crippen LogP contribution in [0.15, 0.2) is 127 Å². The zero-order valence-corrected chi connectivity index (χ0v) is 44.8. The summed E-state index contributed by atoms with van der Waals surface area (Å²) in [6.07, 6.45) is 17.0. The Morgan fingerprint density at radius 1 is 0.653 bits per heavy atom. The molecule has 384 valence electrons. The van der Waals surface area contributed by atoms with Crippen molar-refractivity contribution in [2.24, 2.45) is 0 Å². The van der Waals surface area contributed by atoms with Crippen LogP contribution in [0.4, 0.5) is 5.69 Å². The molecule has 1 fully saturated rings. The number of nitrogens with one attached hydrogen (secondary N) is 1. The first-order valence-corrected chi connectivity index (χ1v) is 30.3. The molecule has 2 aliphatic rings. The van der Waals surface area contributed by atoms with Crippen LogP contribution in [0.1, 0.15) is 140 Å². The van der Waals surface area contributed by atoms with Gasteiger partial charge in [0.15, 0.2) is 0 Å². The normalized spacial score (nSPS) is 15.7. The molecule has 2 atom stereocenters. The summed E-state index contributed by atoms with van der Waals surface area (Å²) in [6.45, 7) is 5.69. The number of rotatable bonds is 26. The topological polar surface area (TPSA) is 105 Å². The van der Waals surface area contributed by atoms with Crippen LogP contribution in [0.5, 0.6) is 11.5 Å². The molecular formula is C60H74Cl2N3O6P. The Labute approximate surface area is 438 Å². The number of unbranched alkanes of at least 4 members (excludes halogenated alkanes) is 12. The van der Waals surface area contributed by atoms with Crippen molar-refractivity contribution < 1.29 is 28.7 Å². The molecule has 5 aromatic rings. The second kappa shape index (κ2) is 26.7. The van der Waals surface area contributed by atoms with Gasteiger partial charge in [-0.15, -0.1) is 0 Å². The predicted octanol–water partition coefficient (Wildman–Crippen LogP) is 13.1. The van der Waals surface area contributed by atoms with E-state index < -0.39 is 18.0 Å². The fraction of sp³-hybridized carbons (Fsp3) is 0.433. The Balaban J connectivity index is 0.850. The minimum Gasteiger partial charge on any atom is -0.0839 e. The van der Waals surface area contributed by atoms with Gasteiger partial charge in [0.2, 0.25) is 5.91 Å². The van der Waals surface area contributed by atoms with Crippen molar-refractivity contribution in [1.82, 2.24) is 9.80 Å². The molecule has 1 unspecified atom stereocenters. The number of piperazine rings is 1. The maximum atomic E-state index is 13.7. The molecule has 72 heavy (non-hydrogen) atoms. The van der Waals surface area contributed by atoms with E-state index in [4.69, 9.17) is 32.3 Å². The van der Waals surface area contributed by atoms with Crippen molar-refractivity contribution in [3.8, 4) is 11.5 Å². The Morgan fingerprint density at radius 3 is 1.74 bits per heavy atom. The zero-order chi connectivity index (χ0) is 50.8. The molecule has 3 amide bonds.